The minimum absolute atomic E-state index is 0.130. The number of nitrogens with zero attached hydrogens (tertiary/aromatic N) is 1. The molecule has 1 aliphatic heterocycles. The van der Waals surface area contributed by atoms with Gasteiger partial charge in [-0.1, -0.05) is 60.2 Å². The van der Waals surface area contributed by atoms with E-state index in [-0.39, 0.29) is 29.9 Å². The van der Waals surface area contributed by atoms with E-state index in [0.717, 1.165) is 5.57 Å². The van der Waals surface area contributed by atoms with E-state index >= 15 is 0 Å². The standard InChI is InChI=1S/C24H26N2O3/c1-16(18-9-5-3-6-10-18)25-15-17-13-20-22(21(14-17)29-2)24(28)26(23(20)27)19-11-7-4-8-12-19/h3-12,14,16,20-22,25H,13,15H2,1-2H3/t16-,20+,21-,22+/m1/s1. The van der Waals surface area contributed by atoms with Gasteiger partial charge in [-0.2, -0.15) is 0 Å². The Balaban J connectivity index is 1.51. The normalized spacial score (nSPS) is 25.0. The van der Waals surface area contributed by atoms with Gasteiger partial charge in [-0.25, -0.2) is 4.90 Å². The molecule has 0 unspecified atom stereocenters. The van der Waals surface area contributed by atoms with Gasteiger partial charge in [0.05, 0.1) is 23.6 Å². The maximum atomic E-state index is 13.1. The van der Waals surface area contributed by atoms with Crippen LogP contribution in [-0.4, -0.2) is 31.6 Å². The molecule has 1 N–H and O–H groups in total. The Morgan fingerprint density at radius 2 is 1.69 bits per heavy atom. The molecule has 2 aromatic carbocycles. The highest BCUT2D eigenvalue weighted by atomic mass is 16.5. The van der Waals surface area contributed by atoms with Crippen LogP contribution in [0.1, 0.15) is 24.9 Å². The van der Waals surface area contributed by atoms with Crippen LogP contribution in [0.15, 0.2) is 72.3 Å². The van der Waals surface area contributed by atoms with Crippen molar-refractivity contribution in [3.63, 3.8) is 0 Å². The summed E-state index contributed by atoms with van der Waals surface area (Å²) in [7, 11) is 1.60. The van der Waals surface area contributed by atoms with Gasteiger partial charge in [0.15, 0.2) is 0 Å². The first-order valence-corrected chi connectivity index (χ1v) is 10.0. The lowest BCUT2D eigenvalue weighted by Crippen LogP contribution is -2.37. The second-order valence-electron chi connectivity index (χ2n) is 7.72. The van der Waals surface area contributed by atoms with Crippen LogP contribution in [0.5, 0.6) is 0 Å². The Bertz CT molecular complexity index is 910. The highest BCUT2D eigenvalue weighted by molar-refractivity contribution is 6.22. The number of nitrogens with one attached hydrogen (secondary N) is 1. The van der Waals surface area contributed by atoms with Gasteiger partial charge >= 0.3 is 0 Å². The molecular weight excluding hydrogens is 364 g/mol. The molecule has 0 aromatic heterocycles. The number of fused-ring (bicyclic) bond motifs is 1. The smallest absolute Gasteiger partial charge is 0.240 e. The Morgan fingerprint density at radius 1 is 1.03 bits per heavy atom. The van der Waals surface area contributed by atoms with E-state index in [1.54, 1.807) is 19.2 Å². The van der Waals surface area contributed by atoms with Gasteiger partial charge in [0.1, 0.15) is 0 Å². The van der Waals surface area contributed by atoms with Crippen molar-refractivity contribution in [1.82, 2.24) is 5.32 Å². The quantitative estimate of drug-likeness (QED) is 0.606. The molecule has 150 valence electrons. The number of para-hydroxylation sites is 1. The second-order valence-corrected chi connectivity index (χ2v) is 7.72. The fraction of sp³-hybridized carbons (Fsp3) is 0.333. The van der Waals surface area contributed by atoms with E-state index < -0.39 is 5.92 Å². The Labute approximate surface area is 171 Å². The zero-order valence-electron chi connectivity index (χ0n) is 16.7. The number of methoxy groups -OCH3 is 1. The van der Waals surface area contributed by atoms with Crippen molar-refractivity contribution in [2.75, 3.05) is 18.6 Å². The van der Waals surface area contributed by atoms with Crippen LogP contribution >= 0.6 is 0 Å². The molecule has 2 aromatic rings. The predicted molar refractivity (Wildman–Crippen MR) is 112 cm³/mol. The third-order valence-corrected chi connectivity index (χ3v) is 5.93. The Hall–Kier alpha value is -2.76. The SMILES string of the molecule is CO[C@@H]1C=C(CN[C@H](C)c2ccccc2)C[C@@H]2C(=O)N(c3ccccc3)C(=O)[C@@H]21. The number of rotatable bonds is 6. The third-order valence-electron chi connectivity index (χ3n) is 5.93. The van der Waals surface area contributed by atoms with Gasteiger partial charge in [0.2, 0.25) is 11.8 Å². The van der Waals surface area contributed by atoms with Crippen LogP contribution in [0, 0.1) is 11.8 Å². The lowest BCUT2D eigenvalue weighted by Gasteiger charge is -2.29. The number of imide groups is 1. The van der Waals surface area contributed by atoms with E-state index in [1.807, 2.05) is 42.5 Å². The summed E-state index contributed by atoms with van der Waals surface area (Å²) in [6.45, 7) is 2.78. The fourth-order valence-corrected chi connectivity index (χ4v) is 4.34. The van der Waals surface area contributed by atoms with Gasteiger partial charge < -0.3 is 10.1 Å². The molecule has 5 heteroatoms. The molecule has 0 spiro atoms. The molecule has 4 rings (SSSR count). The summed E-state index contributed by atoms with van der Waals surface area (Å²) in [4.78, 5) is 27.5. The highest BCUT2D eigenvalue weighted by Crippen LogP contribution is 2.40. The minimum atomic E-state index is -0.456. The van der Waals surface area contributed by atoms with Crippen molar-refractivity contribution in [2.24, 2.45) is 11.8 Å². The summed E-state index contributed by atoms with van der Waals surface area (Å²) in [5.74, 6) is -1.13. The van der Waals surface area contributed by atoms with Gasteiger partial charge in [0, 0.05) is 19.7 Å². The molecule has 2 aliphatic rings. The minimum Gasteiger partial charge on any atom is -0.377 e. The van der Waals surface area contributed by atoms with Crippen LogP contribution < -0.4 is 10.2 Å². The van der Waals surface area contributed by atoms with Gasteiger partial charge in [0.25, 0.3) is 0 Å². The van der Waals surface area contributed by atoms with Gasteiger partial charge in [-0.3, -0.25) is 9.59 Å². The number of carbonyl (C=O) groups excluding carboxylic acids is 2. The maximum Gasteiger partial charge on any atom is 0.240 e. The Morgan fingerprint density at radius 3 is 2.34 bits per heavy atom. The third kappa shape index (κ3) is 3.76. The Kier molecular flexibility index (Phi) is 5.60. The van der Waals surface area contributed by atoms with Crippen LogP contribution in [0.4, 0.5) is 5.69 Å². The summed E-state index contributed by atoms with van der Waals surface area (Å²) in [5.41, 5.74) is 2.95. The summed E-state index contributed by atoms with van der Waals surface area (Å²) in [5, 5.41) is 3.53. The van der Waals surface area contributed by atoms with Crippen LogP contribution in [0.3, 0.4) is 0 Å². The first-order valence-electron chi connectivity index (χ1n) is 10.0. The topological polar surface area (TPSA) is 58.6 Å². The van der Waals surface area contributed by atoms with Crippen LogP contribution in [-0.2, 0) is 14.3 Å². The number of hydrogen-bond donors (Lipinski definition) is 1. The highest BCUT2D eigenvalue weighted by Gasteiger charge is 2.53. The van der Waals surface area contributed by atoms with Crippen molar-refractivity contribution in [2.45, 2.75) is 25.5 Å². The number of benzene rings is 2. The first kappa shape index (κ1) is 19.6. The molecule has 1 heterocycles. The van der Waals surface area contributed by atoms with Crippen molar-refractivity contribution in [1.29, 1.82) is 0 Å². The van der Waals surface area contributed by atoms with Gasteiger partial charge in [-0.05, 0) is 31.0 Å². The van der Waals surface area contributed by atoms with Crippen molar-refractivity contribution >= 4 is 17.5 Å². The zero-order chi connectivity index (χ0) is 20.4. The van der Waals surface area contributed by atoms with E-state index in [1.165, 1.54) is 10.5 Å². The monoisotopic (exact) mass is 390 g/mol. The van der Waals surface area contributed by atoms with Crippen molar-refractivity contribution in [3.8, 4) is 0 Å². The predicted octanol–water partition coefficient (Wildman–Crippen LogP) is 3.49. The molecule has 1 fully saturated rings. The molecule has 0 bridgehead atoms. The van der Waals surface area contributed by atoms with E-state index in [4.69, 9.17) is 4.74 Å². The molecule has 0 radical (unpaired) electrons. The number of anilines is 1. The summed E-state index contributed by atoms with van der Waals surface area (Å²) in [6.07, 6.45) is 2.21. The summed E-state index contributed by atoms with van der Waals surface area (Å²) in [6, 6.07) is 19.6. The molecule has 29 heavy (non-hydrogen) atoms. The number of carbonyl (C=O) groups is 2. The summed E-state index contributed by atoms with van der Waals surface area (Å²) < 4.78 is 5.63. The molecule has 4 atom stereocenters. The van der Waals surface area contributed by atoms with E-state index in [2.05, 4.69) is 24.4 Å². The van der Waals surface area contributed by atoms with Crippen LogP contribution in [0.2, 0.25) is 0 Å². The number of hydrogen-bond acceptors (Lipinski definition) is 4. The maximum absolute atomic E-state index is 13.1. The lowest BCUT2D eigenvalue weighted by atomic mass is 9.79. The lowest BCUT2D eigenvalue weighted by molar-refractivity contribution is -0.124. The molecule has 0 saturated carbocycles. The summed E-state index contributed by atoms with van der Waals surface area (Å²) >= 11 is 0. The molecule has 2 amide bonds. The molecule has 1 aliphatic carbocycles. The fourth-order valence-electron chi connectivity index (χ4n) is 4.34. The molecule has 1 saturated heterocycles. The van der Waals surface area contributed by atoms with Crippen molar-refractivity contribution in [3.05, 3.63) is 77.9 Å². The van der Waals surface area contributed by atoms with E-state index in [0.29, 0.717) is 18.7 Å². The first-order chi connectivity index (χ1) is 14.1. The van der Waals surface area contributed by atoms with E-state index in [9.17, 15) is 9.59 Å². The zero-order valence-corrected chi connectivity index (χ0v) is 16.7. The molecule has 5 nitrogen and oxygen atoms in total. The van der Waals surface area contributed by atoms with Crippen molar-refractivity contribution < 1.29 is 14.3 Å². The van der Waals surface area contributed by atoms with Crippen LogP contribution in [0.25, 0.3) is 0 Å². The number of ether oxygens (including phenoxy) is 1. The molecular formula is C24H26N2O3. The number of amides is 2. The largest absolute Gasteiger partial charge is 0.377 e. The average molecular weight is 390 g/mol. The second kappa shape index (κ2) is 8.31. The van der Waals surface area contributed by atoms with Gasteiger partial charge in [-0.15, -0.1) is 0 Å². The average Bonchev–Trinajstić information content (AvgIpc) is 3.02.